The highest BCUT2D eigenvalue weighted by atomic mass is 32.1. The molecule has 0 saturated carbocycles. The van der Waals surface area contributed by atoms with E-state index in [1.807, 2.05) is 13.0 Å². The molecule has 1 heterocycles. The molecule has 0 aliphatic rings. The maximum Gasteiger partial charge on any atom is 0.351 e. The Kier molecular flexibility index (Phi) is 6.58. The average Bonchev–Trinajstić information content (AvgIpc) is 2.95. The molecule has 2 N–H and O–H groups in total. The van der Waals surface area contributed by atoms with Crippen LogP contribution in [0.15, 0.2) is 29.1 Å². The number of carbonyl (C=O) groups excluding carboxylic acids is 1. The largest absolute Gasteiger partial charge is 0.508 e. The summed E-state index contributed by atoms with van der Waals surface area (Å²) in [7, 11) is 0. The molecule has 7 nitrogen and oxygen atoms in total. The summed E-state index contributed by atoms with van der Waals surface area (Å²) in [5, 5.41) is 21.6. The third-order valence-corrected chi connectivity index (χ3v) is 4.56. The highest BCUT2D eigenvalue weighted by Gasteiger charge is 2.16. The molecule has 136 valence electrons. The third kappa shape index (κ3) is 4.32. The molecular formula is C18H19N3O4S. The number of anilines is 1. The maximum absolute atomic E-state index is 12.5. The second-order valence-corrected chi connectivity index (χ2v) is 6.31. The Hall–Kier alpha value is -3.05. The lowest BCUT2D eigenvalue weighted by Crippen LogP contribution is -2.32. The maximum atomic E-state index is 12.5. The first-order chi connectivity index (χ1) is 12.5. The van der Waals surface area contributed by atoms with E-state index in [0.717, 1.165) is 11.3 Å². The Bertz CT molecular complexity index is 997. The number of carbonyl (C=O) groups is 1. The number of aromatic hydroxyl groups is 1. The number of rotatable bonds is 6. The minimum atomic E-state index is -0.726. The van der Waals surface area contributed by atoms with Crippen molar-refractivity contribution >= 4 is 34.8 Å². The third-order valence-electron chi connectivity index (χ3n) is 3.43. The van der Waals surface area contributed by atoms with Gasteiger partial charge in [-0.15, -0.1) is 11.3 Å². The number of phenols is 1. The van der Waals surface area contributed by atoms with E-state index in [4.69, 9.17) is 4.74 Å². The Morgan fingerprint density at radius 1 is 1.38 bits per heavy atom. The van der Waals surface area contributed by atoms with E-state index in [2.05, 4.69) is 5.32 Å². The molecule has 0 radical (unpaired) electrons. The summed E-state index contributed by atoms with van der Waals surface area (Å²) in [6.07, 6.45) is 2.16. The van der Waals surface area contributed by atoms with Crippen molar-refractivity contribution in [1.82, 2.24) is 4.57 Å². The molecule has 0 saturated heterocycles. The van der Waals surface area contributed by atoms with E-state index < -0.39 is 5.97 Å². The van der Waals surface area contributed by atoms with Crippen molar-refractivity contribution in [2.45, 2.75) is 26.8 Å². The van der Waals surface area contributed by atoms with Gasteiger partial charge in [0.05, 0.1) is 6.61 Å². The Morgan fingerprint density at radius 3 is 2.65 bits per heavy atom. The van der Waals surface area contributed by atoms with Crippen LogP contribution < -0.4 is 20.1 Å². The first kappa shape index (κ1) is 19.3. The lowest BCUT2D eigenvalue weighted by Gasteiger charge is -2.01. The van der Waals surface area contributed by atoms with Gasteiger partial charge in [-0.2, -0.15) is 5.26 Å². The first-order valence-corrected chi connectivity index (χ1v) is 8.90. The molecule has 0 aliphatic carbocycles. The fraction of sp³-hybridized carbons (Fsp3) is 0.278. The monoisotopic (exact) mass is 373 g/mol. The number of hydrogen-bond donors (Lipinski definition) is 2. The van der Waals surface area contributed by atoms with E-state index in [9.17, 15) is 20.0 Å². The van der Waals surface area contributed by atoms with Crippen molar-refractivity contribution in [1.29, 1.82) is 5.26 Å². The standard InChI is InChI=1S/C18H19N3O4S/c1-3-9-25-18(24)14(10-19)17-21(4-2)16(23)15(26-17)11-20-12-5-7-13(22)8-6-12/h5-8,11,20,22H,3-4,9H2,1-2H3/b15-11+,17-14+. The number of phenolic OH excluding ortho intramolecular Hbond substituents is 1. The summed E-state index contributed by atoms with van der Waals surface area (Å²) < 4.78 is 7.04. The molecule has 0 aliphatic heterocycles. The quantitative estimate of drug-likeness (QED) is 0.581. The van der Waals surface area contributed by atoms with Crippen LogP contribution in [0.25, 0.3) is 11.8 Å². The Morgan fingerprint density at radius 2 is 2.08 bits per heavy atom. The summed E-state index contributed by atoms with van der Waals surface area (Å²) in [4.78, 5) is 24.6. The van der Waals surface area contributed by atoms with Gasteiger partial charge in [-0.25, -0.2) is 4.79 Å². The predicted octanol–water partition coefficient (Wildman–Crippen LogP) is 1.11. The fourth-order valence-electron chi connectivity index (χ4n) is 2.15. The number of ether oxygens (including phenoxy) is 1. The summed E-state index contributed by atoms with van der Waals surface area (Å²) in [6.45, 7) is 4.16. The van der Waals surface area contributed by atoms with Crippen LogP contribution in [0, 0.1) is 11.3 Å². The van der Waals surface area contributed by atoms with E-state index in [1.54, 1.807) is 19.1 Å². The molecule has 1 aromatic heterocycles. The minimum Gasteiger partial charge on any atom is -0.508 e. The van der Waals surface area contributed by atoms with Gasteiger partial charge in [-0.3, -0.25) is 9.36 Å². The molecule has 1 aromatic carbocycles. The molecule has 0 atom stereocenters. The Balaban J connectivity index is 2.51. The number of esters is 1. The number of aromatic nitrogens is 1. The number of nitrogens with zero attached hydrogens (tertiary/aromatic N) is 2. The summed E-state index contributed by atoms with van der Waals surface area (Å²) in [5.41, 5.74) is 0.216. The van der Waals surface area contributed by atoms with E-state index >= 15 is 0 Å². The smallest absolute Gasteiger partial charge is 0.351 e. The van der Waals surface area contributed by atoms with Gasteiger partial charge in [0.2, 0.25) is 0 Å². The highest BCUT2D eigenvalue weighted by molar-refractivity contribution is 7.07. The predicted molar refractivity (Wildman–Crippen MR) is 100.0 cm³/mol. The van der Waals surface area contributed by atoms with Gasteiger partial charge in [0.15, 0.2) is 5.57 Å². The van der Waals surface area contributed by atoms with Crippen LogP contribution in [0.5, 0.6) is 5.75 Å². The molecule has 0 unspecified atom stereocenters. The van der Waals surface area contributed by atoms with Crippen molar-refractivity contribution in [2.24, 2.45) is 0 Å². The molecule has 0 spiro atoms. The number of hydrogen-bond acceptors (Lipinski definition) is 7. The van der Waals surface area contributed by atoms with Gasteiger partial charge < -0.3 is 15.2 Å². The van der Waals surface area contributed by atoms with Gasteiger partial charge in [-0.05, 0) is 37.6 Å². The van der Waals surface area contributed by atoms with Crippen LogP contribution in [-0.2, 0) is 16.1 Å². The molecule has 8 heteroatoms. The molecule has 26 heavy (non-hydrogen) atoms. The molecule has 0 bridgehead atoms. The molecule has 0 amide bonds. The zero-order valence-electron chi connectivity index (χ0n) is 14.5. The van der Waals surface area contributed by atoms with Gasteiger partial charge in [0, 0.05) is 18.4 Å². The minimum absolute atomic E-state index is 0.140. The zero-order valence-corrected chi connectivity index (χ0v) is 15.3. The van der Waals surface area contributed by atoms with E-state index in [0.29, 0.717) is 23.2 Å². The van der Waals surface area contributed by atoms with Gasteiger partial charge in [0.1, 0.15) is 21.0 Å². The topological polar surface area (TPSA) is 104 Å². The average molecular weight is 373 g/mol. The fourth-order valence-corrected chi connectivity index (χ4v) is 3.22. The van der Waals surface area contributed by atoms with Gasteiger partial charge in [-0.1, -0.05) is 6.92 Å². The molecule has 2 rings (SSSR count). The van der Waals surface area contributed by atoms with Crippen LogP contribution in [0.3, 0.4) is 0 Å². The van der Waals surface area contributed by atoms with E-state index in [1.165, 1.54) is 22.9 Å². The van der Waals surface area contributed by atoms with Crippen molar-refractivity contribution in [3.05, 3.63) is 43.8 Å². The number of thiazole rings is 1. The van der Waals surface area contributed by atoms with Gasteiger partial charge >= 0.3 is 5.97 Å². The van der Waals surface area contributed by atoms with Crippen LogP contribution >= 0.6 is 11.3 Å². The molecule has 2 aromatic rings. The highest BCUT2D eigenvalue weighted by Crippen LogP contribution is 2.13. The Labute approximate surface area is 154 Å². The SMILES string of the molecule is CCCOC(=O)/C(C#N)=c1/s/c(=C/Nc2ccc(O)cc2)c(=O)n1CC. The van der Waals surface area contributed by atoms with Crippen molar-refractivity contribution in [2.75, 3.05) is 11.9 Å². The second-order valence-electron chi connectivity index (χ2n) is 5.28. The second kappa shape index (κ2) is 8.87. The summed E-state index contributed by atoms with van der Waals surface area (Å²) in [6, 6.07) is 8.21. The van der Waals surface area contributed by atoms with Crippen molar-refractivity contribution in [3.63, 3.8) is 0 Å². The van der Waals surface area contributed by atoms with Crippen LogP contribution in [0.1, 0.15) is 20.3 Å². The number of nitrogens with one attached hydrogen (secondary N) is 1. The number of benzene rings is 1. The first-order valence-electron chi connectivity index (χ1n) is 8.08. The van der Waals surface area contributed by atoms with Crippen LogP contribution in [0.2, 0.25) is 0 Å². The van der Waals surface area contributed by atoms with Crippen molar-refractivity contribution < 1.29 is 14.6 Å². The summed E-state index contributed by atoms with van der Waals surface area (Å²) >= 11 is 1.05. The van der Waals surface area contributed by atoms with Gasteiger partial charge in [0.25, 0.3) is 5.56 Å². The molecule has 0 fully saturated rings. The summed E-state index contributed by atoms with van der Waals surface area (Å²) in [5.74, 6) is -0.586. The van der Waals surface area contributed by atoms with E-state index in [-0.39, 0.29) is 28.2 Å². The zero-order chi connectivity index (χ0) is 19.1. The van der Waals surface area contributed by atoms with Crippen molar-refractivity contribution in [3.8, 4) is 11.8 Å². The lowest BCUT2D eigenvalue weighted by molar-refractivity contribution is -0.136. The lowest BCUT2D eigenvalue weighted by atomic mass is 10.3. The molecular weight excluding hydrogens is 354 g/mol. The normalized spacial score (nSPS) is 12.4. The van der Waals surface area contributed by atoms with Crippen LogP contribution in [0.4, 0.5) is 5.69 Å². The van der Waals surface area contributed by atoms with Crippen LogP contribution in [-0.4, -0.2) is 22.2 Å². The number of nitriles is 1.